The molecular weight excluding hydrogens is 342 g/mol. The first kappa shape index (κ1) is 18.2. The second-order valence-electron chi connectivity index (χ2n) is 6.49. The Balaban J connectivity index is 1.72. The number of rotatable bonds is 3. The van der Waals surface area contributed by atoms with Gasteiger partial charge in [0, 0.05) is 50.9 Å². The van der Waals surface area contributed by atoms with Crippen LogP contribution < -0.4 is 5.32 Å². The largest absolute Gasteiger partial charge is 0.381 e. The molecule has 1 aromatic rings. The summed E-state index contributed by atoms with van der Waals surface area (Å²) in [5.74, 6) is -0.00973. The number of anilines is 1. The van der Waals surface area contributed by atoms with Crippen LogP contribution in [0.15, 0.2) is 16.8 Å². The van der Waals surface area contributed by atoms with E-state index in [1.165, 1.54) is 7.11 Å². The zero-order chi connectivity index (χ0) is 17.7. The number of hydrogen-bond donors (Lipinski definition) is 1. The van der Waals surface area contributed by atoms with Crippen molar-refractivity contribution < 1.29 is 19.1 Å². The molecule has 7 nitrogen and oxygen atoms in total. The molecule has 1 spiro atoms. The van der Waals surface area contributed by atoms with E-state index in [0.29, 0.717) is 32.8 Å². The average Bonchev–Trinajstić information content (AvgIpc) is 3.04. The number of carbonyl (C=O) groups is 2. The van der Waals surface area contributed by atoms with Crippen molar-refractivity contribution in [3.05, 3.63) is 16.8 Å². The Labute approximate surface area is 151 Å². The van der Waals surface area contributed by atoms with Crippen molar-refractivity contribution in [2.75, 3.05) is 51.9 Å². The Morgan fingerprint density at radius 1 is 1.28 bits per heavy atom. The first-order valence-electron chi connectivity index (χ1n) is 8.60. The van der Waals surface area contributed by atoms with Crippen molar-refractivity contribution in [2.24, 2.45) is 0 Å². The summed E-state index contributed by atoms with van der Waals surface area (Å²) in [5.41, 5.74) is 0.581. The maximum atomic E-state index is 12.6. The minimum atomic E-state index is -0.231. The number of urea groups is 1. The van der Waals surface area contributed by atoms with E-state index in [0.717, 1.165) is 24.9 Å². The molecule has 3 rings (SSSR count). The number of nitrogens with one attached hydrogen (secondary N) is 1. The number of carbonyl (C=O) groups excluding carboxylic acids is 2. The van der Waals surface area contributed by atoms with Gasteiger partial charge in [-0.15, -0.1) is 0 Å². The third-order valence-corrected chi connectivity index (χ3v) is 5.75. The Hall–Kier alpha value is -1.64. The normalized spacial score (nSPS) is 20.4. The predicted molar refractivity (Wildman–Crippen MR) is 95.9 cm³/mol. The van der Waals surface area contributed by atoms with Crippen molar-refractivity contribution in [2.45, 2.75) is 24.8 Å². The summed E-state index contributed by atoms with van der Waals surface area (Å²) in [6.45, 7) is 3.06. The number of thiophene rings is 1. The van der Waals surface area contributed by atoms with Crippen LogP contribution in [0, 0.1) is 0 Å². The van der Waals surface area contributed by atoms with E-state index in [1.807, 2.05) is 21.7 Å². The highest BCUT2D eigenvalue weighted by molar-refractivity contribution is 7.08. The molecular formula is C17H25N3O4S. The molecule has 0 radical (unpaired) electrons. The van der Waals surface area contributed by atoms with E-state index in [4.69, 9.17) is 9.47 Å². The predicted octanol–water partition coefficient (Wildman–Crippen LogP) is 2.01. The lowest BCUT2D eigenvalue weighted by molar-refractivity contribution is -0.145. The van der Waals surface area contributed by atoms with Crippen LogP contribution in [0.3, 0.4) is 0 Å². The van der Waals surface area contributed by atoms with Gasteiger partial charge in [-0.1, -0.05) is 0 Å². The third kappa shape index (κ3) is 4.13. The average molecular weight is 367 g/mol. The summed E-state index contributed by atoms with van der Waals surface area (Å²) in [4.78, 5) is 28.9. The number of amides is 3. The van der Waals surface area contributed by atoms with Gasteiger partial charge in [-0.2, -0.15) is 11.3 Å². The molecule has 0 aromatic carbocycles. The molecule has 8 heteroatoms. The van der Waals surface area contributed by atoms with Crippen molar-refractivity contribution in [3.8, 4) is 0 Å². The summed E-state index contributed by atoms with van der Waals surface area (Å²) >= 11 is 1.55. The highest BCUT2D eigenvalue weighted by Gasteiger charge is 2.43. The van der Waals surface area contributed by atoms with Gasteiger partial charge in [0.1, 0.15) is 6.61 Å². The molecule has 0 bridgehead atoms. The molecule has 1 N–H and O–H groups in total. The highest BCUT2D eigenvalue weighted by Crippen LogP contribution is 2.33. The topological polar surface area (TPSA) is 71.1 Å². The van der Waals surface area contributed by atoms with E-state index < -0.39 is 0 Å². The lowest BCUT2D eigenvalue weighted by Gasteiger charge is -2.45. The minimum Gasteiger partial charge on any atom is -0.381 e. The second kappa shape index (κ2) is 8.16. The van der Waals surface area contributed by atoms with Crippen molar-refractivity contribution in [3.63, 3.8) is 0 Å². The van der Waals surface area contributed by atoms with Gasteiger partial charge in [0.15, 0.2) is 0 Å². The summed E-state index contributed by atoms with van der Waals surface area (Å²) in [5, 5.41) is 6.76. The first-order valence-corrected chi connectivity index (χ1v) is 9.54. The number of methoxy groups -OCH3 is 1. The van der Waals surface area contributed by atoms with Crippen LogP contribution in [0.4, 0.5) is 10.5 Å². The summed E-state index contributed by atoms with van der Waals surface area (Å²) in [6, 6.07) is 1.77. The molecule has 138 valence electrons. The van der Waals surface area contributed by atoms with Crippen LogP contribution in [0.5, 0.6) is 0 Å². The first-order chi connectivity index (χ1) is 12.1. The standard InChI is InChI=1S/C17H25N3O4S/c1-23-12-15(21)20-8-7-19(16(22)18-14-2-11-25-13-14)6-3-17(20)4-9-24-10-5-17/h2,11,13H,3-10,12H2,1H3,(H,18,22). The molecule has 0 saturated carbocycles. The van der Waals surface area contributed by atoms with E-state index in [1.54, 1.807) is 16.2 Å². The van der Waals surface area contributed by atoms with Crippen molar-refractivity contribution >= 4 is 29.0 Å². The van der Waals surface area contributed by atoms with Crippen molar-refractivity contribution in [1.82, 2.24) is 9.80 Å². The van der Waals surface area contributed by atoms with Crippen LogP contribution in [0.1, 0.15) is 19.3 Å². The van der Waals surface area contributed by atoms with E-state index >= 15 is 0 Å². The third-order valence-electron chi connectivity index (χ3n) is 5.07. The fourth-order valence-electron chi connectivity index (χ4n) is 3.65. The van der Waals surface area contributed by atoms with Gasteiger partial charge in [0.2, 0.25) is 5.91 Å². The van der Waals surface area contributed by atoms with E-state index in [-0.39, 0.29) is 24.1 Å². The summed E-state index contributed by atoms with van der Waals surface area (Å²) < 4.78 is 10.6. The second-order valence-corrected chi connectivity index (χ2v) is 7.27. The van der Waals surface area contributed by atoms with Gasteiger partial charge < -0.3 is 24.6 Å². The van der Waals surface area contributed by atoms with Gasteiger partial charge in [-0.05, 0) is 30.7 Å². The smallest absolute Gasteiger partial charge is 0.321 e. The molecule has 0 atom stereocenters. The Morgan fingerprint density at radius 2 is 2.08 bits per heavy atom. The quantitative estimate of drug-likeness (QED) is 0.887. The SMILES string of the molecule is COCC(=O)N1CCN(C(=O)Nc2ccsc2)CCC12CCOCC2. The van der Waals surface area contributed by atoms with Crippen molar-refractivity contribution in [1.29, 1.82) is 0 Å². The number of nitrogens with zero attached hydrogens (tertiary/aromatic N) is 2. The Kier molecular flexibility index (Phi) is 5.93. The van der Waals surface area contributed by atoms with Crippen LogP contribution in [-0.2, 0) is 14.3 Å². The van der Waals surface area contributed by atoms with Gasteiger partial charge in [0.25, 0.3) is 0 Å². The monoisotopic (exact) mass is 367 g/mol. The lowest BCUT2D eigenvalue weighted by Crippen LogP contribution is -2.55. The molecule has 2 aliphatic rings. The molecule has 0 aliphatic carbocycles. The zero-order valence-electron chi connectivity index (χ0n) is 14.5. The molecule has 2 fully saturated rings. The van der Waals surface area contributed by atoms with Crippen LogP contribution in [0.25, 0.3) is 0 Å². The van der Waals surface area contributed by atoms with Gasteiger partial charge in [0.05, 0.1) is 5.69 Å². The van der Waals surface area contributed by atoms with E-state index in [9.17, 15) is 9.59 Å². The minimum absolute atomic E-state index is 0.00973. The molecule has 2 aliphatic heterocycles. The molecule has 25 heavy (non-hydrogen) atoms. The Morgan fingerprint density at radius 3 is 2.76 bits per heavy atom. The molecule has 3 amide bonds. The van der Waals surface area contributed by atoms with Gasteiger partial charge in [-0.25, -0.2) is 4.79 Å². The van der Waals surface area contributed by atoms with Crippen LogP contribution in [-0.4, -0.2) is 73.8 Å². The number of hydrogen-bond acceptors (Lipinski definition) is 5. The fraction of sp³-hybridized carbons (Fsp3) is 0.647. The van der Waals surface area contributed by atoms with Gasteiger partial charge >= 0.3 is 6.03 Å². The molecule has 2 saturated heterocycles. The zero-order valence-corrected chi connectivity index (χ0v) is 15.3. The maximum Gasteiger partial charge on any atom is 0.321 e. The summed E-state index contributed by atoms with van der Waals surface area (Å²) in [6.07, 6.45) is 2.38. The lowest BCUT2D eigenvalue weighted by atomic mass is 9.84. The molecule has 0 unspecified atom stereocenters. The molecule has 1 aromatic heterocycles. The molecule has 3 heterocycles. The van der Waals surface area contributed by atoms with Crippen LogP contribution in [0.2, 0.25) is 0 Å². The van der Waals surface area contributed by atoms with Gasteiger partial charge in [-0.3, -0.25) is 4.79 Å². The maximum absolute atomic E-state index is 12.6. The van der Waals surface area contributed by atoms with Crippen LogP contribution >= 0.6 is 11.3 Å². The van der Waals surface area contributed by atoms with E-state index in [2.05, 4.69) is 5.32 Å². The summed E-state index contributed by atoms with van der Waals surface area (Å²) in [7, 11) is 1.53. The highest BCUT2D eigenvalue weighted by atomic mass is 32.1. The number of ether oxygens (including phenoxy) is 2. The fourth-order valence-corrected chi connectivity index (χ4v) is 4.24. The Bertz CT molecular complexity index is 587.